The smallest absolute Gasteiger partial charge is 0.216 e. The molecule has 16 heavy (non-hydrogen) atoms. The molecule has 1 aromatic carbocycles. The number of hydrogen-bond donors (Lipinski definition) is 1. The molecule has 0 unspecified atom stereocenters. The summed E-state index contributed by atoms with van der Waals surface area (Å²) in [7, 11) is -1.81. The highest BCUT2D eigenvalue weighted by molar-refractivity contribution is 7.90. The molecule has 0 aliphatic carbocycles. The van der Waals surface area contributed by atoms with Crippen molar-refractivity contribution in [3.05, 3.63) is 35.9 Å². The summed E-state index contributed by atoms with van der Waals surface area (Å²) < 4.78 is 30.8. The molecule has 0 radical (unpaired) electrons. The Labute approximate surface area is 96.7 Å². The van der Waals surface area contributed by atoms with Crippen LogP contribution in [-0.2, 0) is 21.3 Å². The Morgan fingerprint density at radius 1 is 1.31 bits per heavy atom. The van der Waals surface area contributed by atoms with Gasteiger partial charge in [-0.25, -0.2) is 13.1 Å². The predicted octanol–water partition coefficient (Wildman–Crippen LogP) is 1.14. The molecule has 1 rings (SSSR count). The molecule has 0 heterocycles. The van der Waals surface area contributed by atoms with Crippen LogP contribution in [0.4, 0.5) is 0 Å². The zero-order valence-corrected chi connectivity index (χ0v) is 10.3. The van der Waals surface area contributed by atoms with Crippen LogP contribution in [0.5, 0.6) is 0 Å². The normalized spacial score (nSPS) is 13.6. The second kappa shape index (κ2) is 5.98. The van der Waals surface area contributed by atoms with Crippen molar-refractivity contribution < 1.29 is 13.2 Å². The first-order valence-electron chi connectivity index (χ1n) is 5.07. The van der Waals surface area contributed by atoms with E-state index in [2.05, 4.69) is 4.72 Å². The van der Waals surface area contributed by atoms with Crippen LogP contribution in [-0.4, -0.2) is 27.4 Å². The third kappa shape index (κ3) is 3.92. The summed E-state index contributed by atoms with van der Waals surface area (Å²) in [5, 5.41) is -0.541. The maximum Gasteiger partial charge on any atom is 0.216 e. The van der Waals surface area contributed by atoms with Crippen molar-refractivity contribution in [1.29, 1.82) is 0 Å². The Morgan fingerprint density at radius 3 is 2.50 bits per heavy atom. The Morgan fingerprint density at radius 2 is 1.94 bits per heavy atom. The summed E-state index contributed by atoms with van der Waals surface area (Å²) >= 11 is 0. The van der Waals surface area contributed by atoms with E-state index in [9.17, 15) is 8.42 Å². The monoisotopic (exact) mass is 243 g/mol. The van der Waals surface area contributed by atoms with Crippen molar-refractivity contribution in [3.8, 4) is 0 Å². The first kappa shape index (κ1) is 13.2. The largest absolute Gasteiger partial charge is 0.383 e. The molecule has 0 amide bonds. The fourth-order valence-corrected chi connectivity index (χ4v) is 2.21. The number of rotatable bonds is 6. The van der Waals surface area contributed by atoms with Crippen molar-refractivity contribution in [3.63, 3.8) is 0 Å². The molecule has 0 aliphatic rings. The van der Waals surface area contributed by atoms with Crippen LogP contribution in [0, 0.1) is 0 Å². The Kier molecular flexibility index (Phi) is 4.92. The molecule has 90 valence electrons. The van der Waals surface area contributed by atoms with E-state index in [1.165, 1.54) is 7.11 Å². The van der Waals surface area contributed by atoms with Gasteiger partial charge in [0.15, 0.2) is 0 Å². The lowest BCUT2D eigenvalue weighted by molar-refractivity contribution is 0.200. The fourth-order valence-electron chi connectivity index (χ4n) is 1.25. The van der Waals surface area contributed by atoms with E-state index < -0.39 is 15.3 Å². The molecule has 0 bridgehead atoms. The van der Waals surface area contributed by atoms with Crippen molar-refractivity contribution in [2.24, 2.45) is 0 Å². The van der Waals surface area contributed by atoms with E-state index in [4.69, 9.17) is 4.74 Å². The molecular weight excluding hydrogens is 226 g/mol. The standard InChI is InChI=1S/C11H17NO3S/c1-10(9-15-2)16(13,14)12-8-11-6-4-3-5-7-11/h3-7,10,12H,8-9H2,1-2H3/t10-/m0/s1. The van der Waals surface area contributed by atoms with E-state index >= 15 is 0 Å². The maximum absolute atomic E-state index is 11.7. The number of sulfonamides is 1. The maximum atomic E-state index is 11.7. The zero-order valence-electron chi connectivity index (χ0n) is 9.51. The summed E-state index contributed by atoms with van der Waals surface area (Å²) in [4.78, 5) is 0. The van der Waals surface area contributed by atoms with Gasteiger partial charge >= 0.3 is 0 Å². The van der Waals surface area contributed by atoms with Crippen LogP contribution >= 0.6 is 0 Å². The summed E-state index contributed by atoms with van der Waals surface area (Å²) in [6, 6.07) is 9.41. The van der Waals surface area contributed by atoms with Gasteiger partial charge in [0.05, 0.1) is 11.9 Å². The van der Waals surface area contributed by atoms with Crippen LogP contribution < -0.4 is 4.72 Å². The van der Waals surface area contributed by atoms with Crippen molar-refractivity contribution >= 4 is 10.0 Å². The summed E-state index contributed by atoms with van der Waals surface area (Å²) in [5.41, 5.74) is 0.940. The molecule has 0 aromatic heterocycles. The first-order chi connectivity index (χ1) is 7.56. The molecule has 0 saturated heterocycles. The van der Waals surface area contributed by atoms with Crippen molar-refractivity contribution in [1.82, 2.24) is 4.72 Å². The average molecular weight is 243 g/mol. The van der Waals surface area contributed by atoms with Gasteiger partial charge in [-0.05, 0) is 12.5 Å². The lowest BCUT2D eigenvalue weighted by atomic mass is 10.2. The minimum absolute atomic E-state index is 0.199. The molecule has 1 atom stereocenters. The minimum atomic E-state index is -3.30. The molecule has 0 spiro atoms. The van der Waals surface area contributed by atoms with Gasteiger partial charge in [-0.3, -0.25) is 0 Å². The SMILES string of the molecule is COC[C@H](C)S(=O)(=O)NCc1ccccc1. The van der Waals surface area contributed by atoms with E-state index in [1.807, 2.05) is 30.3 Å². The molecule has 1 N–H and O–H groups in total. The lowest BCUT2D eigenvalue weighted by Gasteiger charge is -2.12. The number of ether oxygens (including phenoxy) is 1. The Bertz CT molecular complexity index is 402. The van der Waals surface area contributed by atoms with Crippen LogP contribution in [0.25, 0.3) is 0 Å². The van der Waals surface area contributed by atoms with Crippen LogP contribution in [0.1, 0.15) is 12.5 Å². The third-order valence-electron chi connectivity index (χ3n) is 2.25. The van der Waals surface area contributed by atoms with E-state index in [1.54, 1.807) is 6.92 Å². The highest BCUT2D eigenvalue weighted by Crippen LogP contribution is 2.02. The van der Waals surface area contributed by atoms with Crippen LogP contribution in [0.3, 0.4) is 0 Å². The van der Waals surface area contributed by atoms with Gasteiger partial charge < -0.3 is 4.74 Å². The van der Waals surface area contributed by atoms with Gasteiger partial charge in [-0.15, -0.1) is 0 Å². The fraction of sp³-hybridized carbons (Fsp3) is 0.455. The number of hydrogen-bond acceptors (Lipinski definition) is 3. The summed E-state index contributed by atoms with van der Waals surface area (Å²) in [6.07, 6.45) is 0. The Hall–Kier alpha value is -0.910. The van der Waals surface area contributed by atoms with Gasteiger partial charge in [0, 0.05) is 13.7 Å². The minimum Gasteiger partial charge on any atom is -0.383 e. The van der Waals surface area contributed by atoms with Crippen molar-refractivity contribution in [2.45, 2.75) is 18.7 Å². The van der Waals surface area contributed by atoms with Crippen LogP contribution in [0.15, 0.2) is 30.3 Å². The molecule has 0 aliphatic heterocycles. The summed E-state index contributed by atoms with van der Waals surface area (Å²) in [5.74, 6) is 0. The summed E-state index contributed by atoms with van der Waals surface area (Å²) in [6.45, 7) is 2.14. The van der Waals surface area contributed by atoms with Gasteiger partial charge in [0.25, 0.3) is 0 Å². The van der Waals surface area contributed by atoms with E-state index in [-0.39, 0.29) is 6.61 Å². The molecule has 4 nitrogen and oxygen atoms in total. The lowest BCUT2D eigenvalue weighted by Crippen LogP contribution is -2.34. The molecule has 0 fully saturated rings. The number of methoxy groups -OCH3 is 1. The molecular formula is C11H17NO3S. The molecule has 1 aromatic rings. The molecule has 0 saturated carbocycles. The van der Waals surface area contributed by atoms with Gasteiger partial charge in [-0.1, -0.05) is 30.3 Å². The molecule has 5 heteroatoms. The zero-order chi connectivity index (χ0) is 12.0. The predicted molar refractivity (Wildman–Crippen MR) is 63.5 cm³/mol. The van der Waals surface area contributed by atoms with E-state index in [0.717, 1.165) is 5.56 Å². The average Bonchev–Trinajstić information content (AvgIpc) is 2.28. The van der Waals surface area contributed by atoms with Gasteiger partial charge in [-0.2, -0.15) is 0 Å². The first-order valence-corrected chi connectivity index (χ1v) is 6.62. The quantitative estimate of drug-likeness (QED) is 0.815. The van der Waals surface area contributed by atoms with E-state index in [0.29, 0.717) is 6.54 Å². The highest BCUT2D eigenvalue weighted by Gasteiger charge is 2.19. The third-order valence-corrected chi connectivity index (χ3v) is 3.99. The van der Waals surface area contributed by atoms with Gasteiger partial charge in [0.2, 0.25) is 10.0 Å². The second-order valence-electron chi connectivity index (χ2n) is 3.62. The van der Waals surface area contributed by atoms with Crippen molar-refractivity contribution in [2.75, 3.05) is 13.7 Å². The second-order valence-corrected chi connectivity index (χ2v) is 5.80. The van der Waals surface area contributed by atoms with Crippen LogP contribution in [0.2, 0.25) is 0 Å². The number of benzene rings is 1. The Balaban J connectivity index is 2.55. The topological polar surface area (TPSA) is 55.4 Å². The highest BCUT2D eigenvalue weighted by atomic mass is 32.2. The number of nitrogens with one attached hydrogen (secondary N) is 1. The van der Waals surface area contributed by atoms with Gasteiger partial charge in [0.1, 0.15) is 0 Å².